The lowest BCUT2D eigenvalue weighted by atomic mass is 10.1. The molecule has 0 aliphatic carbocycles. The molecule has 0 saturated carbocycles. The third kappa shape index (κ3) is 3.65. The van der Waals surface area contributed by atoms with E-state index in [1.165, 1.54) is 12.8 Å². The second kappa shape index (κ2) is 7.49. The van der Waals surface area contributed by atoms with Crippen molar-refractivity contribution < 1.29 is 4.74 Å². The highest BCUT2D eigenvalue weighted by Crippen LogP contribution is 2.27. The quantitative estimate of drug-likeness (QED) is 0.763. The average Bonchev–Trinajstić information content (AvgIpc) is 2.97. The van der Waals surface area contributed by atoms with Gasteiger partial charge in [0.05, 0.1) is 6.10 Å². The number of nitrogens with zero attached hydrogens (tertiary/aromatic N) is 3. The van der Waals surface area contributed by atoms with Gasteiger partial charge in [0.15, 0.2) is 11.0 Å². The van der Waals surface area contributed by atoms with Crippen LogP contribution in [0, 0.1) is 0 Å². The molecule has 0 amide bonds. The Hall–Kier alpha value is -1.04. The predicted octanol–water partition coefficient (Wildman–Crippen LogP) is 4.28. The Bertz CT molecular complexity index is 608. The molecule has 2 heterocycles. The smallest absolute Gasteiger partial charge is 0.191 e. The first kappa shape index (κ1) is 15.8. The Labute approximate surface area is 140 Å². The molecule has 118 valence electrons. The van der Waals surface area contributed by atoms with E-state index >= 15 is 0 Å². The van der Waals surface area contributed by atoms with E-state index in [2.05, 4.69) is 21.7 Å². The normalized spacial score (nSPS) is 18.5. The van der Waals surface area contributed by atoms with Crippen LogP contribution < -0.4 is 0 Å². The minimum Gasteiger partial charge on any atom is -0.377 e. The van der Waals surface area contributed by atoms with Gasteiger partial charge in [0, 0.05) is 29.5 Å². The van der Waals surface area contributed by atoms with Crippen LogP contribution in [0.5, 0.6) is 0 Å². The van der Waals surface area contributed by atoms with E-state index in [9.17, 15) is 0 Å². The lowest BCUT2D eigenvalue weighted by Gasteiger charge is -2.21. The van der Waals surface area contributed by atoms with Gasteiger partial charge in [0.25, 0.3) is 0 Å². The summed E-state index contributed by atoms with van der Waals surface area (Å²) in [6, 6.07) is 7.73. The molecular weight excluding hydrogens is 318 g/mol. The van der Waals surface area contributed by atoms with Gasteiger partial charge in [-0.1, -0.05) is 23.4 Å². The van der Waals surface area contributed by atoms with E-state index in [0.717, 1.165) is 46.9 Å². The molecule has 3 rings (SSSR count). The molecule has 1 fully saturated rings. The van der Waals surface area contributed by atoms with Crippen LogP contribution in [-0.4, -0.2) is 33.2 Å². The number of ether oxygens (including phenoxy) is 1. The average molecular weight is 338 g/mol. The maximum atomic E-state index is 5.95. The highest BCUT2D eigenvalue weighted by molar-refractivity contribution is 7.99. The van der Waals surface area contributed by atoms with Crippen LogP contribution in [-0.2, 0) is 11.3 Å². The van der Waals surface area contributed by atoms with Crippen molar-refractivity contribution in [1.29, 1.82) is 0 Å². The minimum atomic E-state index is 0.347. The van der Waals surface area contributed by atoms with E-state index in [-0.39, 0.29) is 0 Å². The van der Waals surface area contributed by atoms with Crippen LogP contribution in [0.1, 0.15) is 26.2 Å². The van der Waals surface area contributed by atoms with Gasteiger partial charge < -0.3 is 9.30 Å². The molecule has 1 aromatic heterocycles. The van der Waals surface area contributed by atoms with E-state index in [4.69, 9.17) is 16.3 Å². The number of hydrogen-bond acceptors (Lipinski definition) is 4. The monoisotopic (exact) mass is 337 g/mol. The molecule has 2 aromatic rings. The number of hydrogen-bond donors (Lipinski definition) is 0. The molecule has 22 heavy (non-hydrogen) atoms. The fourth-order valence-corrected chi connectivity index (χ4v) is 3.79. The molecule has 1 saturated heterocycles. The number of benzene rings is 1. The fourth-order valence-electron chi connectivity index (χ4n) is 2.60. The third-order valence-electron chi connectivity index (χ3n) is 3.81. The first-order valence-corrected chi connectivity index (χ1v) is 9.08. The van der Waals surface area contributed by atoms with Gasteiger partial charge in [-0.15, -0.1) is 10.2 Å². The van der Waals surface area contributed by atoms with Crippen molar-refractivity contribution in [1.82, 2.24) is 14.8 Å². The van der Waals surface area contributed by atoms with Crippen molar-refractivity contribution in [2.75, 3.05) is 12.4 Å². The molecule has 1 unspecified atom stereocenters. The topological polar surface area (TPSA) is 39.9 Å². The van der Waals surface area contributed by atoms with Gasteiger partial charge in [-0.25, -0.2) is 0 Å². The molecule has 1 atom stereocenters. The van der Waals surface area contributed by atoms with Crippen molar-refractivity contribution in [3.63, 3.8) is 0 Å². The molecule has 1 aromatic carbocycles. The summed E-state index contributed by atoms with van der Waals surface area (Å²) in [4.78, 5) is 0. The van der Waals surface area contributed by atoms with E-state index < -0.39 is 0 Å². The second-order valence-electron chi connectivity index (χ2n) is 5.36. The minimum absolute atomic E-state index is 0.347. The van der Waals surface area contributed by atoms with E-state index in [0.29, 0.717) is 6.10 Å². The molecule has 4 nitrogen and oxygen atoms in total. The molecule has 1 aliphatic rings. The van der Waals surface area contributed by atoms with E-state index in [1.807, 2.05) is 24.3 Å². The summed E-state index contributed by atoms with van der Waals surface area (Å²) in [6.45, 7) is 3.85. The predicted molar refractivity (Wildman–Crippen MR) is 90.5 cm³/mol. The molecule has 0 N–H and O–H groups in total. The number of aromatic nitrogens is 3. The van der Waals surface area contributed by atoms with Crippen molar-refractivity contribution in [3.05, 3.63) is 29.3 Å². The van der Waals surface area contributed by atoms with E-state index in [1.54, 1.807) is 11.8 Å². The SMILES string of the molecule is CCn1c(SCC2CCCCO2)nnc1-c1ccc(Cl)cc1. The molecular formula is C16H20ClN3OS. The number of rotatable bonds is 5. The fraction of sp³-hybridized carbons (Fsp3) is 0.500. The Balaban J connectivity index is 1.73. The molecule has 0 spiro atoms. The van der Waals surface area contributed by atoms with Crippen LogP contribution in [0.4, 0.5) is 0 Å². The second-order valence-corrected chi connectivity index (χ2v) is 6.78. The molecule has 6 heteroatoms. The highest BCUT2D eigenvalue weighted by Gasteiger charge is 2.18. The van der Waals surface area contributed by atoms with Crippen molar-refractivity contribution >= 4 is 23.4 Å². The largest absolute Gasteiger partial charge is 0.377 e. The first-order chi connectivity index (χ1) is 10.8. The summed E-state index contributed by atoms with van der Waals surface area (Å²) in [5.74, 6) is 1.84. The molecule has 0 radical (unpaired) electrons. The molecule has 0 bridgehead atoms. The van der Waals surface area contributed by atoms with Crippen LogP contribution >= 0.6 is 23.4 Å². The summed E-state index contributed by atoms with van der Waals surface area (Å²) in [6.07, 6.45) is 3.95. The maximum Gasteiger partial charge on any atom is 0.191 e. The van der Waals surface area contributed by atoms with Gasteiger partial charge in [-0.05, 0) is 50.5 Å². The Morgan fingerprint density at radius 3 is 2.77 bits per heavy atom. The Morgan fingerprint density at radius 1 is 1.27 bits per heavy atom. The zero-order chi connectivity index (χ0) is 15.4. The summed E-state index contributed by atoms with van der Waals surface area (Å²) < 4.78 is 7.93. The summed E-state index contributed by atoms with van der Waals surface area (Å²) >= 11 is 7.69. The zero-order valence-electron chi connectivity index (χ0n) is 12.7. The van der Waals surface area contributed by atoms with Crippen LogP contribution in [0.3, 0.4) is 0 Å². The van der Waals surface area contributed by atoms with Gasteiger partial charge in [0.1, 0.15) is 0 Å². The summed E-state index contributed by atoms with van der Waals surface area (Å²) in [5.41, 5.74) is 1.04. The first-order valence-electron chi connectivity index (χ1n) is 7.71. The Kier molecular flexibility index (Phi) is 5.39. The maximum absolute atomic E-state index is 5.95. The van der Waals surface area contributed by atoms with Crippen molar-refractivity contribution in [2.45, 2.75) is 44.0 Å². The lowest BCUT2D eigenvalue weighted by Crippen LogP contribution is -2.21. The highest BCUT2D eigenvalue weighted by atomic mass is 35.5. The van der Waals surface area contributed by atoms with Gasteiger partial charge in [-0.2, -0.15) is 0 Å². The number of thioether (sulfide) groups is 1. The van der Waals surface area contributed by atoms with Gasteiger partial charge in [0.2, 0.25) is 0 Å². The van der Waals surface area contributed by atoms with Crippen molar-refractivity contribution in [2.24, 2.45) is 0 Å². The third-order valence-corrected chi connectivity index (χ3v) is 5.16. The van der Waals surface area contributed by atoms with Gasteiger partial charge >= 0.3 is 0 Å². The summed E-state index contributed by atoms with van der Waals surface area (Å²) in [7, 11) is 0. The van der Waals surface area contributed by atoms with Crippen LogP contribution in [0.2, 0.25) is 5.02 Å². The molecule has 1 aliphatic heterocycles. The lowest BCUT2D eigenvalue weighted by molar-refractivity contribution is 0.0315. The van der Waals surface area contributed by atoms with Crippen LogP contribution in [0.25, 0.3) is 11.4 Å². The Morgan fingerprint density at radius 2 is 2.09 bits per heavy atom. The zero-order valence-corrected chi connectivity index (χ0v) is 14.2. The summed E-state index contributed by atoms with van der Waals surface area (Å²) in [5, 5.41) is 10.4. The van der Waals surface area contributed by atoms with Crippen molar-refractivity contribution in [3.8, 4) is 11.4 Å². The van der Waals surface area contributed by atoms with Gasteiger partial charge in [-0.3, -0.25) is 0 Å². The van der Waals surface area contributed by atoms with Crippen LogP contribution in [0.15, 0.2) is 29.4 Å². The standard InChI is InChI=1S/C16H20ClN3OS/c1-2-20-15(12-6-8-13(17)9-7-12)18-19-16(20)22-11-14-5-3-4-10-21-14/h6-9,14H,2-5,10-11H2,1H3. The number of halogens is 1.